The molecule has 0 atom stereocenters. The van der Waals surface area contributed by atoms with E-state index in [1.807, 2.05) is 0 Å². The summed E-state index contributed by atoms with van der Waals surface area (Å²) in [5.74, 6) is -1.11. The summed E-state index contributed by atoms with van der Waals surface area (Å²) in [6.45, 7) is 3.65. The van der Waals surface area contributed by atoms with Crippen molar-refractivity contribution in [3.8, 4) is 0 Å². The molecule has 0 saturated carbocycles. The molecule has 2 heterocycles. The van der Waals surface area contributed by atoms with Gasteiger partial charge in [0.2, 0.25) is 0 Å². The molecule has 10 heteroatoms. The number of alkyl halides is 3. The monoisotopic (exact) mass is 395 g/mol. The Morgan fingerprint density at radius 2 is 1.89 bits per heavy atom. The van der Waals surface area contributed by atoms with E-state index in [4.69, 9.17) is 0 Å². The van der Waals surface area contributed by atoms with Gasteiger partial charge in [0.25, 0.3) is 5.91 Å². The molecule has 28 heavy (non-hydrogen) atoms. The van der Waals surface area contributed by atoms with Crippen LogP contribution in [-0.2, 0) is 19.8 Å². The van der Waals surface area contributed by atoms with E-state index in [0.717, 1.165) is 4.68 Å². The highest BCUT2D eigenvalue weighted by molar-refractivity contribution is 6.03. The van der Waals surface area contributed by atoms with Crippen molar-refractivity contribution in [3.63, 3.8) is 0 Å². The van der Waals surface area contributed by atoms with Crippen molar-refractivity contribution in [1.29, 1.82) is 0 Å². The van der Waals surface area contributed by atoms with Crippen LogP contribution >= 0.6 is 0 Å². The Hall–Kier alpha value is -3.17. The number of halogens is 4. The topological polar surface area (TPSA) is 64.7 Å². The number of aromatic nitrogens is 4. The second-order valence-electron chi connectivity index (χ2n) is 6.32. The van der Waals surface area contributed by atoms with E-state index >= 15 is 0 Å². The van der Waals surface area contributed by atoms with Crippen molar-refractivity contribution in [2.24, 2.45) is 7.05 Å². The quantitative estimate of drug-likeness (QED) is 0.686. The maximum Gasteiger partial charge on any atom is 0.435 e. The van der Waals surface area contributed by atoms with Crippen LogP contribution in [-0.4, -0.2) is 25.5 Å². The third-order valence-corrected chi connectivity index (χ3v) is 4.24. The lowest BCUT2D eigenvalue weighted by atomic mass is 10.2. The highest BCUT2D eigenvalue weighted by Gasteiger charge is 2.35. The molecule has 0 aliphatic rings. The summed E-state index contributed by atoms with van der Waals surface area (Å²) in [5.41, 5.74) is 0.772. The van der Waals surface area contributed by atoms with Gasteiger partial charge in [-0.1, -0.05) is 12.1 Å². The molecule has 0 aliphatic heterocycles. The minimum atomic E-state index is -4.64. The summed E-state index contributed by atoms with van der Waals surface area (Å²) in [6.07, 6.45) is -4.64. The molecule has 0 bridgehead atoms. The molecule has 0 spiro atoms. The lowest BCUT2D eigenvalue weighted by Gasteiger charge is -2.07. The summed E-state index contributed by atoms with van der Waals surface area (Å²) in [6, 6.07) is 6.73. The second-order valence-corrected chi connectivity index (χ2v) is 6.32. The predicted molar refractivity (Wildman–Crippen MR) is 93.4 cm³/mol. The molecule has 1 aromatic carbocycles. The van der Waals surface area contributed by atoms with E-state index in [1.165, 1.54) is 19.2 Å². The Labute approximate surface area is 157 Å². The normalized spacial score (nSPS) is 11.7. The summed E-state index contributed by atoms with van der Waals surface area (Å²) in [7, 11) is 1.26. The highest BCUT2D eigenvalue weighted by atomic mass is 19.4. The smallest absolute Gasteiger partial charge is 0.317 e. The zero-order chi connectivity index (χ0) is 20.6. The van der Waals surface area contributed by atoms with Gasteiger partial charge in [0.1, 0.15) is 11.5 Å². The Kier molecular flexibility index (Phi) is 4.97. The number of carbonyl (C=O) groups excluding carboxylic acids is 1. The fraction of sp³-hybridized carbons (Fsp3) is 0.278. The van der Waals surface area contributed by atoms with Gasteiger partial charge in [-0.2, -0.15) is 23.4 Å². The molecule has 0 unspecified atom stereocenters. The van der Waals surface area contributed by atoms with Crippen LogP contribution in [0.1, 0.15) is 33.1 Å². The Morgan fingerprint density at radius 3 is 2.50 bits per heavy atom. The van der Waals surface area contributed by atoms with E-state index < -0.39 is 17.8 Å². The summed E-state index contributed by atoms with van der Waals surface area (Å²) in [4.78, 5) is 12.5. The van der Waals surface area contributed by atoms with Gasteiger partial charge in [0.05, 0.1) is 23.6 Å². The molecule has 6 nitrogen and oxygen atoms in total. The third kappa shape index (κ3) is 3.90. The van der Waals surface area contributed by atoms with Crippen molar-refractivity contribution in [1.82, 2.24) is 19.6 Å². The average Bonchev–Trinajstić information content (AvgIpc) is 3.10. The molecule has 148 valence electrons. The van der Waals surface area contributed by atoms with Crippen LogP contribution in [0, 0.1) is 19.7 Å². The molecule has 3 rings (SSSR count). The molecule has 3 aromatic rings. The minimum absolute atomic E-state index is 0.232. The van der Waals surface area contributed by atoms with Crippen LogP contribution < -0.4 is 5.32 Å². The number of aryl methyl sites for hydroxylation is 2. The van der Waals surface area contributed by atoms with E-state index in [-0.39, 0.29) is 18.1 Å². The Bertz CT molecular complexity index is 1040. The van der Waals surface area contributed by atoms with Gasteiger partial charge >= 0.3 is 6.18 Å². The molecule has 2 aromatic heterocycles. The molecular weight excluding hydrogens is 378 g/mol. The third-order valence-electron chi connectivity index (χ3n) is 4.24. The maximum absolute atomic E-state index is 13.4. The molecule has 1 amide bonds. The largest absolute Gasteiger partial charge is 0.435 e. The van der Waals surface area contributed by atoms with Crippen LogP contribution in [0.3, 0.4) is 0 Å². The molecule has 0 saturated heterocycles. The summed E-state index contributed by atoms with van der Waals surface area (Å²) < 4.78 is 54.2. The van der Waals surface area contributed by atoms with Crippen LogP contribution in [0.5, 0.6) is 0 Å². The first kappa shape index (κ1) is 19.6. The molecular formula is C18H17F4N5O. The maximum atomic E-state index is 13.4. The molecule has 0 fully saturated rings. The van der Waals surface area contributed by atoms with Crippen molar-refractivity contribution in [3.05, 3.63) is 64.5 Å². The van der Waals surface area contributed by atoms with Gasteiger partial charge in [-0.25, -0.2) is 4.39 Å². The highest BCUT2D eigenvalue weighted by Crippen LogP contribution is 2.29. The van der Waals surface area contributed by atoms with E-state index in [0.29, 0.717) is 28.7 Å². The van der Waals surface area contributed by atoms with E-state index in [1.54, 1.807) is 30.7 Å². The van der Waals surface area contributed by atoms with Crippen LogP contribution in [0.4, 0.5) is 23.2 Å². The standard InChI is InChI=1S/C18H17F4N5O/c1-10-16(11(2)27(24-10)9-12-5-4-6-13(19)7-12)23-17(28)14-8-15(18(20,21)22)25-26(14)3/h4-8H,9H2,1-3H3,(H,23,28). The number of amides is 1. The van der Waals surface area contributed by atoms with Crippen LogP contribution in [0.2, 0.25) is 0 Å². The number of carbonyl (C=O) groups is 1. The molecule has 1 N–H and O–H groups in total. The number of nitrogens with one attached hydrogen (secondary N) is 1. The van der Waals surface area contributed by atoms with Crippen LogP contribution in [0.25, 0.3) is 0 Å². The Morgan fingerprint density at radius 1 is 1.18 bits per heavy atom. The Balaban J connectivity index is 1.84. The van der Waals surface area contributed by atoms with Gasteiger partial charge in [0, 0.05) is 13.1 Å². The number of hydrogen-bond donors (Lipinski definition) is 1. The predicted octanol–water partition coefficient (Wildman–Crippen LogP) is 3.69. The SMILES string of the molecule is Cc1nn(Cc2cccc(F)c2)c(C)c1NC(=O)c1cc(C(F)(F)F)nn1C. The fourth-order valence-corrected chi connectivity index (χ4v) is 2.84. The average molecular weight is 395 g/mol. The van der Waals surface area contributed by atoms with Gasteiger partial charge in [0.15, 0.2) is 5.69 Å². The summed E-state index contributed by atoms with van der Waals surface area (Å²) >= 11 is 0. The van der Waals surface area contributed by atoms with Crippen molar-refractivity contribution >= 4 is 11.6 Å². The lowest BCUT2D eigenvalue weighted by molar-refractivity contribution is -0.141. The van der Waals surface area contributed by atoms with Gasteiger partial charge in [-0.05, 0) is 31.5 Å². The lowest BCUT2D eigenvalue weighted by Crippen LogP contribution is -2.17. The number of hydrogen-bond acceptors (Lipinski definition) is 3. The van der Waals surface area contributed by atoms with Gasteiger partial charge in [-0.15, -0.1) is 0 Å². The van der Waals surface area contributed by atoms with Crippen molar-refractivity contribution in [2.75, 3.05) is 5.32 Å². The second kappa shape index (κ2) is 7.10. The van der Waals surface area contributed by atoms with E-state index in [2.05, 4.69) is 15.5 Å². The minimum Gasteiger partial charge on any atom is -0.317 e. The van der Waals surface area contributed by atoms with Crippen molar-refractivity contribution in [2.45, 2.75) is 26.6 Å². The molecule has 0 radical (unpaired) electrons. The fourth-order valence-electron chi connectivity index (χ4n) is 2.84. The number of nitrogens with zero attached hydrogens (tertiary/aromatic N) is 4. The number of benzene rings is 1. The first-order valence-electron chi connectivity index (χ1n) is 8.27. The number of anilines is 1. The van der Waals surface area contributed by atoms with E-state index in [9.17, 15) is 22.4 Å². The zero-order valence-electron chi connectivity index (χ0n) is 15.3. The number of rotatable bonds is 4. The van der Waals surface area contributed by atoms with Gasteiger partial charge in [-0.3, -0.25) is 14.2 Å². The van der Waals surface area contributed by atoms with Gasteiger partial charge < -0.3 is 5.32 Å². The first-order chi connectivity index (χ1) is 13.1. The molecule has 0 aliphatic carbocycles. The first-order valence-corrected chi connectivity index (χ1v) is 8.27. The zero-order valence-corrected chi connectivity index (χ0v) is 15.3. The summed E-state index contributed by atoms with van der Waals surface area (Å²) in [5, 5.41) is 10.3. The van der Waals surface area contributed by atoms with Crippen LogP contribution in [0.15, 0.2) is 30.3 Å². The van der Waals surface area contributed by atoms with Crippen molar-refractivity contribution < 1.29 is 22.4 Å².